The van der Waals surface area contributed by atoms with Crippen molar-refractivity contribution in [2.45, 2.75) is 45.4 Å². The number of ether oxygens (including phenoxy) is 3. The molecule has 0 bridgehead atoms. The molecule has 42 heavy (non-hydrogen) atoms. The summed E-state index contributed by atoms with van der Waals surface area (Å²) in [4.78, 5) is 14.9. The fraction of sp³-hybridized carbons (Fsp3) is 0.333. The van der Waals surface area contributed by atoms with Crippen molar-refractivity contribution >= 4 is 26.8 Å². The molecule has 0 saturated carbocycles. The number of nitrogens with zero attached hydrogens (tertiary/aromatic N) is 3. The molecule has 1 atom stereocenters. The van der Waals surface area contributed by atoms with Gasteiger partial charge in [0.1, 0.15) is 12.2 Å². The van der Waals surface area contributed by atoms with Gasteiger partial charge in [0.2, 0.25) is 9.84 Å². The van der Waals surface area contributed by atoms with Gasteiger partial charge < -0.3 is 14.2 Å². The van der Waals surface area contributed by atoms with Gasteiger partial charge >= 0.3 is 6.09 Å². The summed E-state index contributed by atoms with van der Waals surface area (Å²) >= 11 is 0. The summed E-state index contributed by atoms with van der Waals surface area (Å²) in [6.07, 6.45) is -0.113. The van der Waals surface area contributed by atoms with Gasteiger partial charge in [-0.05, 0) is 68.1 Å². The lowest BCUT2D eigenvalue weighted by Gasteiger charge is -2.38. The van der Waals surface area contributed by atoms with E-state index < -0.39 is 33.3 Å². The summed E-state index contributed by atoms with van der Waals surface area (Å²) in [6, 6.07) is 21.5. The number of carbonyl (C=O) groups is 1. The van der Waals surface area contributed by atoms with Crippen molar-refractivity contribution in [2.75, 3.05) is 24.4 Å². The number of amides is 1. The van der Waals surface area contributed by atoms with Gasteiger partial charge in [0.15, 0.2) is 11.5 Å². The fourth-order valence-electron chi connectivity index (χ4n) is 4.90. The molecule has 0 aliphatic carbocycles. The molecule has 2 aliphatic heterocycles. The number of hydrogen-bond acceptors (Lipinski definition) is 10. The number of hydrazine groups is 2. The van der Waals surface area contributed by atoms with Crippen LogP contribution < -0.4 is 25.6 Å². The monoisotopic (exact) mass is 593 g/mol. The molecule has 5 rings (SSSR count). The standard InChI is InChI=1S/C30H35N5O6S/c1-30(2,3)41-29(36)34-16-15-22-17-27(40-19-21-11-7-5-8-12-21)26(39-4)18-24(22)25(34)20-42(37,38)28-31-32-33-35(28)23-13-9-6-10-14-23/h5-14,17-18,25,32-33H,15-16,19-20H2,1-4H3. The van der Waals surface area contributed by atoms with Crippen LogP contribution >= 0.6 is 0 Å². The topological polar surface area (TPSA) is 122 Å². The third-order valence-corrected chi connectivity index (χ3v) is 8.41. The van der Waals surface area contributed by atoms with Crippen LogP contribution in [0.15, 0.2) is 77.9 Å². The summed E-state index contributed by atoms with van der Waals surface area (Å²) < 4.78 is 45.4. The third kappa shape index (κ3) is 6.44. The Kier molecular flexibility index (Phi) is 8.28. The smallest absolute Gasteiger partial charge is 0.410 e. The molecule has 2 N–H and O–H groups in total. The van der Waals surface area contributed by atoms with Crippen molar-refractivity contribution in [3.63, 3.8) is 0 Å². The summed E-state index contributed by atoms with van der Waals surface area (Å²) in [6.45, 7) is 5.92. The zero-order chi connectivity index (χ0) is 29.9. The Balaban J connectivity index is 1.49. The fourth-order valence-corrected chi connectivity index (χ4v) is 6.44. The molecule has 222 valence electrons. The van der Waals surface area contributed by atoms with Crippen LogP contribution in [0.3, 0.4) is 0 Å². The average molecular weight is 594 g/mol. The maximum atomic E-state index is 13.9. The van der Waals surface area contributed by atoms with E-state index in [1.165, 1.54) is 17.0 Å². The molecule has 2 aliphatic rings. The molecular weight excluding hydrogens is 558 g/mol. The Morgan fingerprint density at radius 3 is 2.38 bits per heavy atom. The van der Waals surface area contributed by atoms with Crippen molar-refractivity contribution in [2.24, 2.45) is 5.10 Å². The van der Waals surface area contributed by atoms with E-state index in [0.717, 1.165) is 11.1 Å². The van der Waals surface area contributed by atoms with Gasteiger partial charge in [-0.2, -0.15) is 0 Å². The highest BCUT2D eigenvalue weighted by molar-refractivity contribution is 8.06. The Morgan fingerprint density at radius 1 is 1.02 bits per heavy atom. The first-order chi connectivity index (χ1) is 20.1. The second kappa shape index (κ2) is 11.9. The molecule has 3 aromatic rings. The first kappa shape index (κ1) is 29.2. The second-order valence-electron chi connectivity index (χ2n) is 11.0. The largest absolute Gasteiger partial charge is 0.493 e. The van der Waals surface area contributed by atoms with Gasteiger partial charge in [-0.25, -0.2) is 23.8 Å². The number of methoxy groups -OCH3 is 1. The van der Waals surface area contributed by atoms with Crippen molar-refractivity contribution in [1.82, 2.24) is 16.0 Å². The zero-order valence-electron chi connectivity index (χ0n) is 24.0. The number of hydrogen-bond donors (Lipinski definition) is 2. The second-order valence-corrected chi connectivity index (χ2v) is 12.9. The molecule has 0 spiro atoms. The SMILES string of the molecule is COc1cc2c(cc1OCc1ccccc1)CCN(C(=O)OC(C)(C)C)C2CS(=O)(=O)C1=NNNN1c1ccccc1. The summed E-state index contributed by atoms with van der Waals surface area (Å²) in [5, 5.41) is 5.18. The molecule has 1 amide bonds. The highest BCUT2D eigenvalue weighted by atomic mass is 32.2. The van der Waals surface area contributed by atoms with Gasteiger partial charge in [0.25, 0.3) is 5.17 Å². The van der Waals surface area contributed by atoms with Crippen LogP contribution in [0.1, 0.15) is 43.5 Å². The van der Waals surface area contributed by atoms with E-state index in [9.17, 15) is 13.2 Å². The van der Waals surface area contributed by atoms with Crippen LogP contribution in [0.5, 0.6) is 11.5 Å². The number of amidine groups is 1. The first-order valence-corrected chi connectivity index (χ1v) is 15.2. The van der Waals surface area contributed by atoms with Crippen molar-refractivity contribution in [3.8, 4) is 11.5 Å². The van der Waals surface area contributed by atoms with Gasteiger partial charge in [0.05, 0.1) is 24.6 Å². The quantitative estimate of drug-likeness (QED) is 0.412. The Morgan fingerprint density at radius 2 is 1.71 bits per heavy atom. The normalized spacial score (nSPS) is 16.8. The molecule has 0 fully saturated rings. The van der Waals surface area contributed by atoms with Crippen LogP contribution in [0.4, 0.5) is 10.5 Å². The first-order valence-electron chi connectivity index (χ1n) is 13.6. The number of rotatable bonds is 7. The maximum absolute atomic E-state index is 13.9. The summed E-state index contributed by atoms with van der Waals surface area (Å²) in [5.74, 6) is 0.542. The lowest BCUT2D eigenvalue weighted by Crippen LogP contribution is -2.48. The summed E-state index contributed by atoms with van der Waals surface area (Å²) in [7, 11) is -2.53. The van der Waals surface area contributed by atoms with E-state index in [0.29, 0.717) is 35.8 Å². The number of fused-ring (bicyclic) bond motifs is 1. The lowest BCUT2D eigenvalue weighted by atomic mass is 9.93. The van der Waals surface area contributed by atoms with E-state index in [2.05, 4.69) is 16.2 Å². The number of anilines is 1. The van der Waals surface area contributed by atoms with Crippen LogP contribution in [0.2, 0.25) is 0 Å². The molecule has 0 aromatic heterocycles. The molecule has 3 aromatic carbocycles. The Hall–Kier alpha value is -4.29. The molecule has 2 heterocycles. The zero-order valence-corrected chi connectivity index (χ0v) is 24.8. The van der Waals surface area contributed by atoms with Crippen LogP contribution in [-0.4, -0.2) is 49.6 Å². The van der Waals surface area contributed by atoms with E-state index in [1.807, 2.05) is 42.5 Å². The van der Waals surface area contributed by atoms with Crippen LogP contribution in [0.25, 0.3) is 0 Å². The molecule has 0 radical (unpaired) electrons. The van der Waals surface area contributed by atoms with Gasteiger partial charge in [0, 0.05) is 6.54 Å². The maximum Gasteiger partial charge on any atom is 0.410 e. The number of nitrogens with one attached hydrogen (secondary N) is 2. The summed E-state index contributed by atoms with van der Waals surface area (Å²) in [5.41, 5.74) is 7.64. The number of para-hydroxylation sites is 1. The molecule has 0 saturated heterocycles. The molecule has 11 nitrogen and oxygen atoms in total. The van der Waals surface area contributed by atoms with Gasteiger partial charge in [-0.3, -0.25) is 4.90 Å². The molecular formula is C30H35N5O6S. The van der Waals surface area contributed by atoms with Crippen molar-refractivity contribution in [3.05, 3.63) is 89.5 Å². The number of sulfone groups is 1. The van der Waals surface area contributed by atoms with Crippen LogP contribution in [-0.2, 0) is 27.6 Å². The number of hydrazone groups is 1. The van der Waals surface area contributed by atoms with E-state index in [1.54, 1.807) is 51.1 Å². The van der Waals surface area contributed by atoms with E-state index >= 15 is 0 Å². The van der Waals surface area contributed by atoms with Crippen molar-refractivity contribution in [1.29, 1.82) is 0 Å². The Labute approximate surface area is 245 Å². The van der Waals surface area contributed by atoms with Crippen LogP contribution in [0, 0.1) is 0 Å². The Bertz CT molecular complexity index is 1560. The van der Waals surface area contributed by atoms with E-state index in [-0.39, 0.29) is 11.7 Å². The average Bonchev–Trinajstić information content (AvgIpc) is 3.47. The van der Waals surface area contributed by atoms with E-state index in [4.69, 9.17) is 14.2 Å². The minimum absolute atomic E-state index is 0.209. The van der Waals surface area contributed by atoms with Crippen molar-refractivity contribution < 1.29 is 27.4 Å². The minimum atomic E-state index is -4.06. The van der Waals surface area contributed by atoms with Gasteiger partial charge in [-0.15, -0.1) is 10.6 Å². The predicted octanol–water partition coefficient (Wildman–Crippen LogP) is 4.32. The predicted molar refractivity (Wildman–Crippen MR) is 160 cm³/mol. The van der Waals surface area contributed by atoms with Gasteiger partial charge in [-0.1, -0.05) is 48.5 Å². The molecule has 12 heteroatoms. The lowest BCUT2D eigenvalue weighted by molar-refractivity contribution is 0.0162. The minimum Gasteiger partial charge on any atom is -0.493 e. The highest BCUT2D eigenvalue weighted by Gasteiger charge is 2.41. The third-order valence-electron chi connectivity index (χ3n) is 6.82. The highest BCUT2D eigenvalue weighted by Crippen LogP contribution is 2.40. The number of carbonyl (C=O) groups excluding carboxylic acids is 1. The number of benzene rings is 3. The molecule has 1 unspecified atom stereocenters.